The summed E-state index contributed by atoms with van der Waals surface area (Å²) in [5.41, 5.74) is -1.67. The molecule has 0 unspecified atom stereocenters. The number of fused-ring (bicyclic) bond motifs is 1. The van der Waals surface area contributed by atoms with Crippen molar-refractivity contribution in [2.24, 2.45) is 0 Å². The number of ketones is 3. The maximum absolute atomic E-state index is 13.7. The molecule has 1 amide bonds. The van der Waals surface area contributed by atoms with Gasteiger partial charge in [-0.05, 0) is 78.1 Å². The van der Waals surface area contributed by atoms with Gasteiger partial charge in [0.15, 0.2) is 11.6 Å². The summed E-state index contributed by atoms with van der Waals surface area (Å²) in [4.78, 5) is 60.8. The Morgan fingerprint density at radius 3 is 2.17 bits per heavy atom. The SMILES string of the molecule is O=C(O)C(=O)CNC(=O)c1ccc(C(=O)/C(=C\C(=O)c2cccc(SC(F)(F)F)c2)c2ccc3c(c2)CCC3)cc1. The smallest absolute Gasteiger partial charge is 0.446 e. The summed E-state index contributed by atoms with van der Waals surface area (Å²) in [6, 6.07) is 15.8. The van der Waals surface area contributed by atoms with E-state index < -0.39 is 41.3 Å². The van der Waals surface area contributed by atoms with Gasteiger partial charge in [-0.1, -0.05) is 42.5 Å². The van der Waals surface area contributed by atoms with Gasteiger partial charge in [0, 0.05) is 27.2 Å². The fourth-order valence-electron chi connectivity index (χ4n) is 4.35. The van der Waals surface area contributed by atoms with E-state index in [-0.39, 0.29) is 38.9 Å². The molecule has 0 aliphatic heterocycles. The number of carboxylic acid groups (broad SMARTS) is 1. The molecule has 0 fully saturated rings. The number of aliphatic carboxylic acids is 1. The van der Waals surface area contributed by atoms with E-state index in [0.29, 0.717) is 5.56 Å². The van der Waals surface area contributed by atoms with Gasteiger partial charge < -0.3 is 10.4 Å². The number of benzene rings is 3. The van der Waals surface area contributed by atoms with Crippen LogP contribution in [0.25, 0.3) is 5.57 Å². The fraction of sp³-hybridized carbons (Fsp3) is 0.167. The minimum Gasteiger partial charge on any atom is -0.475 e. The van der Waals surface area contributed by atoms with Gasteiger partial charge in [-0.2, -0.15) is 13.2 Å². The maximum atomic E-state index is 13.7. The second kappa shape index (κ2) is 12.3. The molecular weight excluding hydrogens is 559 g/mol. The standard InChI is InChI=1S/C30H22F3NO6S/c31-30(32,33)41-23-6-2-5-22(14-23)25(35)15-24(21-12-7-17-3-1-4-20(17)13-21)27(37)18-8-10-19(11-9-18)28(38)34-16-26(36)29(39)40/h2,5-15H,1,3-4,16H2,(H,34,38)(H,39,40)/b24-15-. The summed E-state index contributed by atoms with van der Waals surface area (Å²) in [6.45, 7) is -0.704. The molecule has 210 valence electrons. The molecular formula is C30H22F3NO6S. The van der Waals surface area contributed by atoms with E-state index in [2.05, 4.69) is 5.32 Å². The Bertz CT molecular complexity index is 1580. The van der Waals surface area contributed by atoms with E-state index in [1.807, 2.05) is 12.1 Å². The molecule has 2 N–H and O–H groups in total. The molecule has 0 spiro atoms. The zero-order valence-electron chi connectivity index (χ0n) is 21.3. The van der Waals surface area contributed by atoms with Crippen molar-refractivity contribution in [3.05, 3.63) is 106 Å². The summed E-state index contributed by atoms with van der Waals surface area (Å²) in [6.07, 6.45) is 3.76. The summed E-state index contributed by atoms with van der Waals surface area (Å²) < 4.78 is 38.6. The minimum atomic E-state index is -4.53. The first-order chi connectivity index (χ1) is 19.4. The van der Waals surface area contributed by atoms with Crippen LogP contribution in [0.3, 0.4) is 0 Å². The van der Waals surface area contributed by atoms with Crippen molar-refractivity contribution in [2.45, 2.75) is 29.7 Å². The third-order valence-corrected chi connectivity index (χ3v) is 7.06. The lowest BCUT2D eigenvalue weighted by atomic mass is 9.92. The lowest BCUT2D eigenvalue weighted by Gasteiger charge is -2.11. The molecule has 0 bridgehead atoms. The quantitative estimate of drug-likeness (QED) is 0.144. The van der Waals surface area contributed by atoms with Crippen LogP contribution < -0.4 is 5.32 Å². The minimum absolute atomic E-state index is 0.0198. The Balaban J connectivity index is 1.64. The van der Waals surface area contributed by atoms with Gasteiger partial charge in [0.1, 0.15) is 0 Å². The normalized spacial score (nSPS) is 12.9. The molecule has 3 aromatic rings. The lowest BCUT2D eigenvalue weighted by Crippen LogP contribution is -2.33. The summed E-state index contributed by atoms with van der Waals surface area (Å²) in [5.74, 6) is -4.80. The first kappa shape index (κ1) is 29.5. The van der Waals surface area contributed by atoms with Crippen LogP contribution in [0.5, 0.6) is 0 Å². The van der Waals surface area contributed by atoms with Crippen LogP contribution in [-0.4, -0.2) is 46.4 Å². The largest absolute Gasteiger partial charge is 0.475 e. The highest BCUT2D eigenvalue weighted by molar-refractivity contribution is 8.00. The zero-order chi connectivity index (χ0) is 29.7. The highest BCUT2D eigenvalue weighted by atomic mass is 32.2. The molecule has 1 aliphatic rings. The number of Topliss-reactive ketones (excluding diaryl/α,β-unsaturated/α-hetero) is 2. The van der Waals surface area contributed by atoms with Crippen LogP contribution >= 0.6 is 11.8 Å². The average molecular weight is 582 g/mol. The molecule has 3 aromatic carbocycles. The lowest BCUT2D eigenvalue weighted by molar-refractivity contribution is -0.148. The average Bonchev–Trinajstić information content (AvgIpc) is 3.41. The van der Waals surface area contributed by atoms with Crippen LogP contribution in [0, 0.1) is 0 Å². The van der Waals surface area contributed by atoms with E-state index >= 15 is 0 Å². The number of carbonyl (C=O) groups is 5. The Morgan fingerprint density at radius 1 is 0.829 bits per heavy atom. The van der Waals surface area contributed by atoms with Gasteiger partial charge >= 0.3 is 11.5 Å². The first-order valence-electron chi connectivity index (χ1n) is 12.3. The van der Waals surface area contributed by atoms with E-state index in [0.717, 1.165) is 42.5 Å². The van der Waals surface area contributed by atoms with Crippen molar-refractivity contribution in [1.29, 1.82) is 0 Å². The number of hydrogen-bond acceptors (Lipinski definition) is 6. The Morgan fingerprint density at radius 2 is 1.49 bits per heavy atom. The molecule has 41 heavy (non-hydrogen) atoms. The maximum Gasteiger partial charge on any atom is 0.446 e. The Kier molecular flexibility index (Phi) is 8.87. The second-order valence-electron chi connectivity index (χ2n) is 9.15. The molecule has 4 rings (SSSR count). The molecule has 0 heterocycles. The van der Waals surface area contributed by atoms with Crippen LogP contribution in [0.1, 0.15) is 54.2 Å². The number of thioether (sulfide) groups is 1. The number of aryl methyl sites for hydroxylation is 2. The number of rotatable bonds is 10. The van der Waals surface area contributed by atoms with Gasteiger partial charge in [0.2, 0.25) is 0 Å². The number of halogens is 3. The second-order valence-corrected chi connectivity index (χ2v) is 10.3. The van der Waals surface area contributed by atoms with Crippen molar-refractivity contribution in [1.82, 2.24) is 5.32 Å². The topological polar surface area (TPSA) is 118 Å². The van der Waals surface area contributed by atoms with Gasteiger partial charge in [-0.25, -0.2) is 4.79 Å². The number of amides is 1. The molecule has 0 saturated heterocycles. The van der Waals surface area contributed by atoms with Crippen molar-refractivity contribution >= 4 is 46.6 Å². The third-order valence-electron chi connectivity index (χ3n) is 6.34. The molecule has 7 nitrogen and oxygen atoms in total. The fourth-order valence-corrected chi connectivity index (χ4v) is 4.95. The number of carbonyl (C=O) groups excluding carboxylic acids is 4. The van der Waals surface area contributed by atoms with E-state index in [1.54, 1.807) is 6.07 Å². The molecule has 0 saturated carbocycles. The number of hydrogen-bond donors (Lipinski definition) is 2. The first-order valence-corrected chi connectivity index (χ1v) is 13.2. The van der Waals surface area contributed by atoms with Crippen molar-refractivity contribution in [2.75, 3.05) is 6.54 Å². The molecule has 1 aliphatic carbocycles. The zero-order valence-corrected chi connectivity index (χ0v) is 22.1. The van der Waals surface area contributed by atoms with E-state index in [9.17, 15) is 37.1 Å². The predicted octanol–water partition coefficient (Wildman–Crippen LogP) is 5.32. The number of carboxylic acids is 1. The van der Waals surface area contributed by atoms with E-state index in [4.69, 9.17) is 5.11 Å². The van der Waals surface area contributed by atoms with Crippen LogP contribution in [0.2, 0.25) is 0 Å². The number of alkyl halides is 3. The van der Waals surface area contributed by atoms with Crippen molar-refractivity contribution in [3.63, 3.8) is 0 Å². The van der Waals surface area contributed by atoms with Gasteiger partial charge in [-0.15, -0.1) is 0 Å². The van der Waals surface area contributed by atoms with Gasteiger partial charge in [0.25, 0.3) is 11.7 Å². The highest BCUT2D eigenvalue weighted by Crippen LogP contribution is 2.37. The van der Waals surface area contributed by atoms with Gasteiger partial charge in [0.05, 0.1) is 6.54 Å². The molecule has 0 radical (unpaired) electrons. The molecule has 11 heteroatoms. The number of allylic oxidation sites excluding steroid dienone is 2. The van der Waals surface area contributed by atoms with Crippen LogP contribution in [0.15, 0.2) is 77.7 Å². The molecule has 0 aromatic heterocycles. The van der Waals surface area contributed by atoms with Crippen LogP contribution in [-0.2, 0) is 22.4 Å². The Labute approximate surface area is 236 Å². The van der Waals surface area contributed by atoms with Crippen LogP contribution in [0.4, 0.5) is 13.2 Å². The summed E-state index contributed by atoms with van der Waals surface area (Å²) >= 11 is -0.346. The summed E-state index contributed by atoms with van der Waals surface area (Å²) in [5, 5.41) is 10.8. The number of nitrogens with one attached hydrogen (secondary N) is 1. The van der Waals surface area contributed by atoms with E-state index in [1.165, 1.54) is 42.5 Å². The molecule has 0 atom stereocenters. The monoisotopic (exact) mass is 581 g/mol. The Hall–Kier alpha value is -4.51. The van der Waals surface area contributed by atoms with Crippen molar-refractivity contribution < 1.29 is 42.3 Å². The third kappa shape index (κ3) is 7.57. The summed E-state index contributed by atoms with van der Waals surface area (Å²) in [7, 11) is 0. The van der Waals surface area contributed by atoms with Crippen molar-refractivity contribution in [3.8, 4) is 0 Å². The highest BCUT2D eigenvalue weighted by Gasteiger charge is 2.29. The predicted molar refractivity (Wildman–Crippen MR) is 145 cm³/mol. The van der Waals surface area contributed by atoms with Gasteiger partial charge in [-0.3, -0.25) is 19.2 Å².